The summed E-state index contributed by atoms with van der Waals surface area (Å²) in [4.78, 5) is -0.510. The molecular weight excluding hydrogens is 435 g/mol. The molecule has 32 heavy (non-hydrogen) atoms. The monoisotopic (exact) mass is 470 g/mol. The van der Waals surface area contributed by atoms with E-state index in [1.807, 2.05) is 12.1 Å². The fraction of sp³-hybridized carbons (Fsp3) is 0.520. The van der Waals surface area contributed by atoms with Crippen LogP contribution in [0.1, 0.15) is 83.1 Å². The van der Waals surface area contributed by atoms with Gasteiger partial charge in [0.1, 0.15) is 16.4 Å². The molecule has 172 valence electrons. The van der Waals surface area contributed by atoms with E-state index in [2.05, 4.69) is 6.92 Å². The Bertz CT molecular complexity index is 899. The molecule has 2 aromatic rings. The van der Waals surface area contributed by atoms with Crippen molar-refractivity contribution >= 4 is 10.1 Å². The van der Waals surface area contributed by atoms with Gasteiger partial charge in [-0.25, -0.2) is 0 Å². The van der Waals surface area contributed by atoms with Crippen molar-refractivity contribution in [3.8, 4) is 17.2 Å². The van der Waals surface area contributed by atoms with Crippen LogP contribution < -0.4 is 39.4 Å². The number of ether oxygens (including phenoxy) is 1. The maximum Gasteiger partial charge on any atom is 1.00 e. The van der Waals surface area contributed by atoms with Gasteiger partial charge >= 0.3 is 29.6 Å². The van der Waals surface area contributed by atoms with E-state index in [0.717, 1.165) is 24.8 Å². The SMILES string of the molecule is CCCCCCCCCCCCCc1ccccc1Oc1c([O-])cccc1S(=O)(=O)O.[Na+]. The second-order valence-electron chi connectivity index (χ2n) is 8.05. The van der Waals surface area contributed by atoms with Gasteiger partial charge in [-0.1, -0.05) is 107 Å². The van der Waals surface area contributed by atoms with E-state index in [1.54, 1.807) is 12.1 Å². The maximum atomic E-state index is 12.2. The predicted molar refractivity (Wildman–Crippen MR) is 122 cm³/mol. The van der Waals surface area contributed by atoms with Crippen molar-refractivity contribution in [3.63, 3.8) is 0 Å². The van der Waals surface area contributed by atoms with Crippen LogP contribution in [0.15, 0.2) is 47.4 Å². The summed E-state index contributed by atoms with van der Waals surface area (Å²) in [6.07, 6.45) is 14.7. The van der Waals surface area contributed by atoms with Crippen LogP contribution in [-0.4, -0.2) is 13.0 Å². The van der Waals surface area contributed by atoms with E-state index in [-0.39, 0.29) is 35.3 Å². The van der Waals surface area contributed by atoms with E-state index in [9.17, 15) is 18.1 Å². The molecule has 0 bridgehead atoms. The normalized spacial score (nSPS) is 11.2. The fourth-order valence-corrected chi connectivity index (χ4v) is 4.33. The third-order valence-corrected chi connectivity index (χ3v) is 6.33. The van der Waals surface area contributed by atoms with Gasteiger partial charge < -0.3 is 9.84 Å². The topological polar surface area (TPSA) is 86.7 Å². The molecule has 7 heteroatoms. The number of rotatable bonds is 15. The molecular formula is C25H35NaO5S. The Balaban J connectivity index is 0.00000512. The van der Waals surface area contributed by atoms with Crippen molar-refractivity contribution in [1.82, 2.24) is 0 Å². The third-order valence-electron chi connectivity index (χ3n) is 5.45. The van der Waals surface area contributed by atoms with Crippen molar-refractivity contribution in [2.45, 2.75) is 88.9 Å². The molecule has 5 nitrogen and oxygen atoms in total. The van der Waals surface area contributed by atoms with Gasteiger partial charge in [-0.05, 0) is 30.5 Å². The Morgan fingerprint density at radius 1 is 0.812 bits per heavy atom. The summed E-state index contributed by atoms with van der Waals surface area (Å²) < 4.78 is 38.3. The molecule has 2 aromatic carbocycles. The van der Waals surface area contributed by atoms with Crippen LogP contribution in [0, 0.1) is 0 Å². The summed E-state index contributed by atoms with van der Waals surface area (Å²) in [5.74, 6) is -0.501. The van der Waals surface area contributed by atoms with Crippen LogP contribution in [0.25, 0.3) is 0 Å². The van der Waals surface area contributed by atoms with Crippen molar-refractivity contribution in [1.29, 1.82) is 0 Å². The van der Waals surface area contributed by atoms with Crippen molar-refractivity contribution in [3.05, 3.63) is 48.0 Å². The van der Waals surface area contributed by atoms with Gasteiger partial charge in [0.15, 0.2) is 0 Å². The largest absolute Gasteiger partial charge is 1.00 e. The average Bonchev–Trinajstić information content (AvgIpc) is 2.73. The van der Waals surface area contributed by atoms with Crippen LogP contribution in [0.4, 0.5) is 0 Å². The molecule has 0 spiro atoms. The van der Waals surface area contributed by atoms with Crippen molar-refractivity contribution < 1.29 is 52.4 Å². The van der Waals surface area contributed by atoms with E-state index in [4.69, 9.17) is 4.74 Å². The Labute approximate surface area is 215 Å². The molecule has 0 unspecified atom stereocenters. The first-order valence-electron chi connectivity index (χ1n) is 11.5. The number of hydrogen-bond donors (Lipinski definition) is 1. The predicted octanol–water partition coefficient (Wildman–Crippen LogP) is 3.66. The zero-order valence-corrected chi connectivity index (χ0v) is 22.3. The van der Waals surface area contributed by atoms with Gasteiger partial charge in [-0.15, -0.1) is 0 Å². The third kappa shape index (κ3) is 10.3. The van der Waals surface area contributed by atoms with E-state index in [0.29, 0.717) is 5.75 Å². The van der Waals surface area contributed by atoms with Gasteiger partial charge in [0.2, 0.25) is 0 Å². The summed E-state index contributed by atoms with van der Waals surface area (Å²) in [7, 11) is -4.55. The first-order chi connectivity index (χ1) is 14.9. The van der Waals surface area contributed by atoms with Gasteiger partial charge in [0.25, 0.3) is 10.1 Å². The van der Waals surface area contributed by atoms with Crippen LogP contribution in [-0.2, 0) is 16.5 Å². The number of hydrogen-bond acceptors (Lipinski definition) is 4. The summed E-state index contributed by atoms with van der Waals surface area (Å²) in [5, 5.41) is 12.2. The second kappa shape index (κ2) is 15.7. The number of para-hydroxylation sites is 2. The molecule has 0 amide bonds. The Hall–Kier alpha value is -1.05. The molecule has 0 aromatic heterocycles. The molecule has 0 saturated carbocycles. The van der Waals surface area contributed by atoms with Gasteiger partial charge in [-0.3, -0.25) is 4.55 Å². The smallest absolute Gasteiger partial charge is 0.870 e. The zero-order chi connectivity index (χ0) is 22.5. The number of benzene rings is 2. The molecule has 0 aliphatic carbocycles. The quantitative estimate of drug-likeness (QED) is 0.244. The summed E-state index contributed by atoms with van der Waals surface area (Å²) in [6.45, 7) is 2.24. The first-order valence-corrected chi connectivity index (χ1v) is 12.9. The molecule has 1 N–H and O–H groups in total. The maximum absolute atomic E-state index is 12.2. The molecule has 0 radical (unpaired) electrons. The minimum absolute atomic E-state index is 0. The molecule has 0 heterocycles. The fourth-order valence-electron chi connectivity index (χ4n) is 3.70. The standard InChI is InChI=1S/C25H36O5S.Na/c1-2-3-4-5-6-7-8-9-10-11-12-16-21-17-13-14-19-23(21)30-25-22(26)18-15-20-24(25)31(27,28)29;/h13-15,17-20,26H,2-12,16H2,1H3,(H,27,28,29);/q;+1/p-1. The Morgan fingerprint density at radius 3 is 1.97 bits per heavy atom. The second-order valence-corrected chi connectivity index (χ2v) is 9.44. The molecule has 0 saturated heterocycles. The van der Waals surface area contributed by atoms with Gasteiger partial charge in [-0.2, -0.15) is 8.42 Å². The van der Waals surface area contributed by atoms with Crippen LogP contribution >= 0.6 is 0 Å². The number of unbranched alkanes of at least 4 members (excludes halogenated alkanes) is 10. The van der Waals surface area contributed by atoms with E-state index >= 15 is 0 Å². The molecule has 2 rings (SSSR count). The number of aryl methyl sites for hydroxylation is 1. The van der Waals surface area contributed by atoms with Gasteiger partial charge in [0, 0.05) is 0 Å². The van der Waals surface area contributed by atoms with Crippen LogP contribution in [0.2, 0.25) is 0 Å². The van der Waals surface area contributed by atoms with Crippen LogP contribution in [0.3, 0.4) is 0 Å². The molecule has 0 aliphatic rings. The molecule has 0 aliphatic heterocycles. The zero-order valence-electron chi connectivity index (χ0n) is 19.5. The van der Waals surface area contributed by atoms with Crippen LogP contribution in [0.5, 0.6) is 17.2 Å². The summed E-state index contributed by atoms with van der Waals surface area (Å²) in [6, 6.07) is 11.0. The minimum Gasteiger partial charge on any atom is -0.870 e. The van der Waals surface area contributed by atoms with Crippen molar-refractivity contribution in [2.75, 3.05) is 0 Å². The van der Waals surface area contributed by atoms with Gasteiger partial charge in [0.05, 0.1) is 0 Å². The van der Waals surface area contributed by atoms with E-state index in [1.165, 1.54) is 76.0 Å². The summed E-state index contributed by atoms with van der Waals surface area (Å²) in [5.41, 5.74) is 0.919. The van der Waals surface area contributed by atoms with Crippen molar-refractivity contribution in [2.24, 2.45) is 0 Å². The minimum atomic E-state index is -4.55. The van der Waals surface area contributed by atoms with E-state index < -0.39 is 20.8 Å². The summed E-state index contributed by atoms with van der Waals surface area (Å²) >= 11 is 0. The first kappa shape index (κ1) is 29.0. The Kier molecular flexibility index (Phi) is 14.2. The average molecular weight is 471 g/mol. The molecule has 0 atom stereocenters. The Morgan fingerprint density at radius 2 is 1.38 bits per heavy atom. The molecule has 0 fully saturated rings.